The molecule has 0 aliphatic rings. The number of benzene rings is 2. The van der Waals surface area contributed by atoms with Crippen LogP contribution in [0, 0.1) is 0 Å². The SMILES string of the molecule is Nc1ncnc2ccc(-c3cccnc3-c3cccc(OC(F)(F)F)c3)cc12. The summed E-state index contributed by atoms with van der Waals surface area (Å²) in [6.45, 7) is 0. The van der Waals surface area contributed by atoms with Gasteiger partial charge in [0.2, 0.25) is 0 Å². The largest absolute Gasteiger partial charge is 0.573 e. The lowest BCUT2D eigenvalue weighted by atomic mass is 9.98. The topological polar surface area (TPSA) is 73.9 Å². The van der Waals surface area contributed by atoms with Crippen molar-refractivity contribution in [3.8, 4) is 28.1 Å². The van der Waals surface area contributed by atoms with Gasteiger partial charge in [0.1, 0.15) is 17.9 Å². The standard InChI is InChI=1S/C20H13F3N4O/c21-20(22,23)28-14-4-1-3-13(9-14)18-15(5-2-8-25-18)12-6-7-17-16(10-12)19(24)27-11-26-17/h1-11H,(H2,24,26,27). The summed E-state index contributed by atoms with van der Waals surface area (Å²) in [4.78, 5) is 12.5. The molecule has 0 radical (unpaired) electrons. The number of nitrogens with two attached hydrogens (primary N) is 1. The van der Waals surface area contributed by atoms with Crippen molar-refractivity contribution in [1.82, 2.24) is 15.0 Å². The number of hydrogen-bond donors (Lipinski definition) is 1. The van der Waals surface area contributed by atoms with E-state index in [1.165, 1.54) is 24.5 Å². The van der Waals surface area contributed by atoms with Gasteiger partial charge in [0, 0.05) is 22.7 Å². The molecular formula is C20H13F3N4O. The fourth-order valence-corrected chi connectivity index (χ4v) is 2.95. The lowest BCUT2D eigenvalue weighted by molar-refractivity contribution is -0.274. The quantitative estimate of drug-likeness (QED) is 0.549. The van der Waals surface area contributed by atoms with E-state index < -0.39 is 6.36 Å². The Morgan fingerprint density at radius 2 is 1.71 bits per heavy atom. The Morgan fingerprint density at radius 1 is 0.857 bits per heavy atom. The van der Waals surface area contributed by atoms with Crippen LogP contribution in [-0.2, 0) is 0 Å². The van der Waals surface area contributed by atoms with Gasteiger partial charge in [-0.3, -0.25) is 4.98 Å². The van der Waals surface area contributed by atoms with Crippen molar-refractivity contribution < 1.29 is 17.9 Å². The van der Waals surface area contributed by atoms with Gasteiger partial charge >= 0.3 is 6.36 Å². The number of ether oxygens (including phenoxy) is 1. The monoisotopic (exact) mass is 382 g/mol. The molecule has 28 heavy (non-hydrogen) atoms. The van der Waals surface area contributed by atoms with Crippen molar-refractivity contribution in [1.29, 1.82) is 0 Å². The summed E-state index contributed by atoms with van der Waals surface area (Å²) < 4.78 is 41.7. The molecule has 8 heteroatoms. The van der Waals surface area contributed by atoms with Crippen LogP contribution in [-0.4, -0.2) is 21.3 Å². The van der Waals surface area contributed by atoms with E-state index in [9.17, 15) is 13.2 Å². The van der Waals surface area contributed by atoms with Gasteiger partial charge in [-0.1, -0.05) is 24.3 Å². The summed E-state index contributed by atoms with van der Waals surface area (Å²) in [5, 5.41) is 0.684. The molecule has 0 saturated heterocycles. The predicted molar refractivity (Wildman–Crippen MR) is 99.3 cm³/mol. The number of anilines is 1. The van der Waals surface area contributed by atoms with Gasteiger partial charge in [0.15, 0.2) is 0 Å². The number of hydrogen-bond acceptors (Lipinski definition) is 5. The molecule has 0 bridgehead atoms. The van der Waals surface area contributed by atoms with Gasteiger partial charge < -0.3 is 10.5 Å². The Labute approximate surface area is 157 Å². The van der Waals surface area contributed by atoms with Crippen LogP contribution >= 0.6 is 0 Å². The van der Waals surface area contributed by atoms with Gasteiger partial charge in [-0.05, 0) is 35.9 Å². The Bertz CT molecular complexity index is 1160. The molecule has 0 amide bonds. The molecule has 2 heterocycles. The molecule has 2 aromatic heterocycles. The fraction of sp³-hybridized carbons (Fsp3) is 0.0500. The first-order valence-electron chi connectivity index (χ1n) is 8.22. The third-order valence-electron chi connectivity index (χ3n) is 4.13. The maximum Gasteiger partial charge on any atom is 0.573 e. The molecule has 0 unspecified atom stereocenters. The minimum absolute atomic E-state index is 0.308. The summed E-state index contributed by atoms with van der Waals surface area (Å²) in [5.74, 6) is 0.0376. The van der Waals surface area contributed by atoms with Gasteiger partial charge in [-0.25, -0.2) is 9.97 Å². The lowest BCUT2D eigenvalue weighted by Crippen LogP contribution is -2.17. The summed E-state index contributed by atoms with van der Waals surface area (Å²) in [6, 6.07) is 14.8. The zero-order valence-electron chi connectivity index (χ0n) is 14.3. The van der Waals surface area contributed by atoms with Crippen molar-refractivity contribution in [2.24, 2.45) is 0 Å². The second-order valence-corrected chi connectivity index (χ2v) is 5.97. The van der Waals surface area contributed by atoms with Crippen LogP contribution in [0.4, 0.5) is 19.0 Å². The average Bonchev–Trinajstić information content (AvgIpc) is 2.67. The van der Waals surface area contributed by atoms with Gasteiger partial charge in [0.25, 0.3) is 0 Å². The highest BCUT2D eigenvalue weighted by Gasteiger charge is 2.31. The molecule has 0 fully saturated rings. The lowest BCUT2D eigenvalue weighted by Gasteiger charge is -2.12. The van der Waals surface area contributed by atoms with Gasteiger partial charge in [-0.15, -0.1) is 13.2 Å². The second-order valence-electron chi connectivity index (χ2n) is 5.97. The summed E-state index contributed by atoms with van der Waals surface area (Å²) >= 11 is 0. The molecule has 0 spiro atoms. The van der Waals surface area contributed by atoms with Gasteiger partial charge in [-0.2, -0.15) is 0 Å². The molecule has 4 rings (SSSR count). The van der Waals surface area contributed by atoms with Crippen LogP contribution in [0.1, 0.15) is 0 Å². The van der Waals surface area contributed by atoms with E-state index in [4.69, 9.17) is 5.73 Å². The Kier molecular flexibility index (Phi) is 4.31. The number of halogens is 3. The predicted octanol–water partition coefficient (Wildman–Crippen LogP) is 4.84. The summed E-state index contributed by atoms with van der Waals surface area (Å²) in [5.41, 5.74) is 9.18. The van der Waals surface area contributed by atoms with Crippen LogP contribution < -0.4 is 10.5 Å². The van der Waals surface area contributed by atoms with E-state index in [1.54, 1.807) is 18.3 Å². The fourth-order valence-electron chi connectivity index (χ4n) is 2.95. The molecule has 0 atom stereocenters. The molecule has 0 aliphatic carbocycles. The highest BCUT2D eigenvalue weighted by Crippen LogP contribution is 2.34. The molecule has 2 N–H and O–H groups in total. The molecular weight excluding hydrogens is 369 g/mol. The van der Waals surface area contributed by atoms with Crippen molar-refractivity contribution in [2.75, 3.05) is 5.73 Å². The molecule has 5 nitrogen and oxygen atoms in total. The molecule has 2 aromatic carbocycles. The number of fused-ring (bicyclic) bond motifs is 1. The second kappa shape index (κ2) is 6.80. The molecule has 0 saturated carbocycles. The zero-order chi connectivity index (χ0) is 19.7. The van der Waals surface area contributed by atoms with Crippen LogP contribution in [0.2, 0.25) is 0 Å². The van der Waals surface area contributed by atoms with Crippen LogP contribution in [0.25, 0.3) is 33.3 Å². The zero-order valence-corrected chi connectivity index (χ0v) is 14.3. The highest BCUT2D eigenvalue weighted by molar-refractivity contribution is 5.93. The summed E-state index contributed by atoms with van der Waals surface area (Å²) in [6.07, 6.45) is -1.80. The first kappa shape index (κ1) is 17.7. The number of rotatable bonds is 3. The molecule has 4 aromatic rings. The number of nitrogens with zero attached hydrogens (tertiary/aromatic N) is 3. The Balaban J connectivity index is 1.82. The maximum absolute atomic E-state index is 12.5. The smallest absolute Gasteiger partial charge is 0.406 e. The first-order valence-corrected chi connectivity index (χ1v) is 8.22. The Hall–Kier alpha value is -3.68. The van der Waals surface area contributed by atoms with Crippen molar-refractivity contribution in [3.05, 3.63) is 67.1 Å². The third-order valence-corrected chi connectivity index (χ3v) is 4.13. The molecule has 140 valence electrons. The number of aromatic nitrogens is 3. The average molecular weight is 382 g/mol. The maximum atomic E-state index is 12.5. The molecule has 0 aliphatic heterocycles. The van der Waals surface area contributed by atoms with E-state index in [-0.39, 0.29) is 5.75 Å². The van der Waals surface area contributed by atoms with E-state index in [2.05, 4.69) is 19.7 Å². The van der Waals surface area contributed by atoms with E-state index in [0.717, 1.165) is 11.1 Å². The Morgan fingerprint density at radius 3 is 2.54 bits per heavy atom. The van der Waals surface area contributed by atoms with Crippen LogP contribution in [0.3, 0.4) is 0 Å². The normalized spacial score (nSPS) is 11.5. The van der Waals surface area contributed by atoms with Crippen molar-refractivity contribution in [3.63, 3.8) is 0 Å². The summed E-state index contributed by atoms with van der Waals surface area (Å²) in [7, 11) is 0. The van der Waals surface area contributed by atoms with E-state index >= 15 is 0 Å². The van der Waals surface area contributed by atoms with Crippen LogP contribution in [0.5, 0.6) is 5.75 Å². The number of nitrogen functional groups attached to an aromatic ring is 1. The number of alkyl halides is 3. The van der Waals surface area contributed by atoms with Crippen LogP contribution in [0.15, 0.2) is 67.1 Å². The van der Waals surface area contributed by atoms with E-state index in [1.807, 2.05) is 24.3 Å². The first-order chi connectivity index (χ1) is 13.4. The minimum atomic E-state index is -4.76. The van der Waals surface area contributed by atoms with Crippen molar-refractivity contribution >= 4 is 16.7 Å². The minimum Gasteiger partial charge on any atom is -0.406 e. The van der Waals surface area contributed by atoms with Crippen molar-refractivity contribution in [2.45, 2.75) is 6.36 Å². The van der Waals surface area contributed by atoms with E-state index in [0.29, 0.717) is 28.0 Å². The number of pyridine rings is 1. The van der Waals surface area contributed by atoms with Gasteiger partial charge in [0.05, 0.1) is 11.2 Å². The highest BCUT2D eigenvalue weighted by atomic mass is 19.4. The third kappa shape index (κ3) is 3.57.